The molecule has 5 atom stereocenters. The normalized spacial score (nSPS) is 23.2. The van der Waals surface area contributed by atoms with E-state index in [0.29, 0.717) is 102 Å². The first-order valence-corrected chi connectivity index (χ1v) is 37.3. The summed E-state index contributed by atoms with van der Waals surface area (Å²) < 4.78 is 32.8. The summed E-state index contributed by atoms with van der Waals surface area (Å²) in [6.45, 7) is 22.5. The lowest BCUT2D eigenvalue weighted by atomic mass is 10.00. The molecule has 102 heavy (non-hydrogen) atoms. The molecular weight excluding hydrogens is 1450 g/mol. The highest BCUT2D eigenvalue weighted by Gasteiger charge is 2.31. The number of thioether (sulfide) groups is 2. The summed E-state index contributed by atoms with van der Waals surface area (Å²) in [6, 6.07) is 0. The third-order valence-corrected chi connectivity index (χ3v) is 20.6. The van der Waals surface area contributed by atoms with Gasteiger partial charge in [0.25, 0.3) is 11.9 Å². The van der Waals surface area contributed by atoms with Crippen molar-refractivity contribution in [2.45, 2.75) is 85.2 Å². The van der Waals surface area contributed by atoms with E-state index in [1.54, 1.807) is 72.1 Å². The van der Waals surface area contributed by atoms with Crippen LogP contribution in [-0.4, -0.2) is 264 Å². The van der Waals surface area contributed by atoms with Gasteiger partial charge in [0.15, 0.2) is 34.4 Å². The summed E-state index contributed by atoms with van der Waals surface area (Å²) >= 11 is 17.6. The number of guanidine groups is 2. The summed E-state index contributed by atoms with van der Waals surface area (Å²) in [4.78, 5) is 69.3. The van der Waals surface area contributed by atoms with Gasteiger partial charge in [-0.05, 0) is 71.1 Å². The van der Waals surface area contributed by atoms with Crippen LogP contribution in [0.5, 0.6) is 0 Å². The average molecular weight is 1540 g/mol. The second-order valence-electron chi connectivity index (χ2n) is 24.0. The van der Waals surface area contributed by atoms with Crippen molar-refractivity contribution in [1.82, 2.24) is 49.6 Å². The van der Waals surface area contributed by atoms with E-state index in [4.69, 9.17) is 72.7 Å². The molecule has 9 aliphatic heterocycles. The fourth-order valence-electron chi connectivity index (χ4n) is 10.9. The zero-order valence-corrected chi connectivity index (χ0v) is 63.0. The Bertz CT molecular complexity index is 3310. The van der Waals surface area contributed by atoms with Crippen molar-refractivity contribution in [3.8, 4) is 24.8 Å². The molecule has 9 aliphatic rings. The van der Waals surface area contributed by atoms with Crippen LogP contribution in [0.25, 0.3) is 0 Å². The maximum atomic E-state index is 10.5. The maximum absolute atomic E-state index is 10.5. The summed E-state index contributed by atoms with van der Waals surface area (Å²) in [5, 5.41) is 77.4. The van der Waals surface area contributed by atoms with Crippen LogP contribution in [0.1, 0.15) is 81.9 Å². The molecule has 0 radical (unpaired) electrons. The molecule has 9 fully saturated rings. The number of nitro groups is 3. The van der Waals surface area contributed by atoms with Gasteiger partial charge in [0.2, 0.25) is 24.8 Å². The lowest BCUT2D eigenvalue weighted by molar-refractivity contribution is -0.486. The first-order chi connectivity index (χ1) is 49.2. The topological polar surface area (TPSA) is 427 Å². The number of hydrazone groups is 3. The first-order valence-electron chi connectivity index (χ1n) is 33.0. The van der Waals surface area contributed by atoms with Gasteiger partial charge >= 0.3 is 0 Å². The fourth-order valence-corrected chi connectivity index (χ4v) is 14.8. The quantitative estimate of drug-likeness (QED) is 0.0479. The molecule has 11 rings (SSSR count). The van der Waals surface area contributed by atoms with Gasteiger partial charge in [0.1, 0.15) is 35.3 Å². The largest absolute Gasteiger partial charge is 0.381 e. The van der Waals surface area contributed by atoms with E-state index in [9.17, 15) is 30.3 Å². The van der Waals surface area contributed by atoms with Gasteiger partial charge in [-0.2, -0.15) is 31.0 Å². The van der Waals surface area contributed by atoms with Crippen molar-refractivity contribution < 1.29 is 43.5 Å². The molecule has 0 bridgehead atoms. The molecule has 560 valence electrons. The second-order valence-corrected chi connectivity index (χ2v) is 29.5. The molecular formula is C60H90Cl2N24O12S4. The number of nitriles is 4. The number of amidine groups is 4. The molecule has 0 aromatic carbocycles. The number of halogens is 2. The first kappa shape index (κ1) is 85.2. The Morgan fingerprint density at radius 2 is 1.13 bits per heavy atom. The van der Waals surface area contributed by atoms with Gasteiger partial charge in [-0.25, -0.2) is 40.3 Å². The molecule has 0 spiro atoms. The highest BCUT2D eigenvalue weighted by atomic mass is 35.5. The van der Waals surface area contributed by atoms with Gasteiger partial charge in [0.05, 0.1) is 50.3 Å². The monoisotopic (exact) mass is 1540 g/mol. The van der Waals surface area contributed by atoms with Crippen LogP contribution >= 0.6 is 69.4 Å². The molecule has 5 unspecified atom stereocenters. The van der Waals surface area contributed by atoms with Crippen molar-refractivity contribution in [1.29, 1.82) is 21.0 Å². The smallest absolute Gasteiger partial charge is 0.277 e. The Morgan fingerprint density at radius 3 is 1.61 bits per heavy atom. The van der Waals surface area contributed by atoms with E-state index >= 15 is 0 Å². The maximum Gasteiger partial charge on any atom is 0.277 e. The minimum absolute atomic E-state index is 0.324. The van der Waals surface area contributed by atoms with Crippen LogP contribution < -0.4 is 5.32 Å². The van der Waals surface area contributed by atoms with Crippen molar-refractivity contribution >= 4 is 109 Å². The Balaban J connectivity index is 0.000000215. The Labute approximate surface area is 620 Å². The number of thiazole rings is 2. The molecule has 2 aromatic rings. The molecule has 1 N–H and O–H groups in total. The molecule has 0 saturated carbocycles. The lowest BCUT2D eigenvalue weighted by Crippen LogP contribution is -2.51. The van der Waals surface area contributed by atoms with E-state index in [2.05, 4.69) is 60.4 Å². The van der Waals surface area contributed by atoms with Crippen LogP contribution in [0.4, 0.5) is 0 Å². The van der Waals surface area contributed by atoms with E-state index in [1.807, 2.05) is 55.0 Å². The predicted octanol–water partition coefficient (Wildman–Crippen LogP) is 7.14. The number of nitrogens with one attached hydrogen (secondary N) is 1. The number of hydrogen-bond acceptors (Lipinski definition) is 26. The van der Waals surface area contributed by atoms with Crippen molar-refractivity contribution in [3.05, 3.63) is 61.4 Å². The van der Waals surface area contributed by atoms with Gasteiger partial charge < -0.3 is 68.0 Å². The highest BCUT2D eigenvalue weighted by Crippen LogP contribution is 2.27. The molecule has 0 aliphatic carbocycles. The van der Waals surface area contributed by atoms with Crippen molar-refractivity contribution in [2.24, 2.45) is 64.9 Å². The predicted molar refractivity (Wildman–Crippen MR) is 391 cm³/mol. The van der Waals surface area contributed by atoms with E-state index in [1.165, 1.54) is 22.7 Å². The molecule has 9 saturated heterocycles. The Hall–Kier alpha value is -7.45. The lowest BCUT2D eigenvalue weighted by Gasteiger charge is -2.35. The van der Waals surface area contributed by atoms with Gasteiger partial charge in [-0.3, -0.25) is 0 Å². The summed E-state index contributed by atoms with van der Waals surface area (Å²) in [7, 11) is 5.54. The van der Waals surface area contributed by atoms with Crippen LogP contribution in [-0.2, 0) is 41.5 Å². The van der Waals surface area contributed by atoms with Crippen molar-refractivity contribution in [2.75, 3.05) is 165 Å². The Morgan fingerprint density at radius 1 is 0.637 bits per heavy atom. The van der Waals surface area contributed by atoms with Crippen LogP contribution in [0.15, 0.2) is 47.7 Å². The summed E-state index contributed by atoms with van der Waals surface area (Å²) in [5.74, 6) is 6.86. The third kappa shape index (κ3) is 33.3. The van der Waals surface area contributed by atoms with Crippen LogP contribution in [0.3, 0.4) is 0 Å². The van der Waals surface area contributed by atoms with Crippen molar-refractivity contribution in [3.63, 3.8) is 0 Å². The molecule has 0 amide bonds. The number of nitrogens with zero attached hydrogens (tertiary/aromatic N) is 23. The molecule has 11 heterocycles. The molecule has 42 heteroatoms. The minimum Gasteiger partial charge on any atom is -0.381 e. The number of hydrogen-bond donors (Lipinski definition) is 1. The fraction of sp³-hybridized carbons (Fsp3) is 0.717. The average Bonchev–Trinajstić information content (AvgIpc) is 1.23. The number of aliphatic imine (C=N–C) groups is 4. The summed E-state index contributed by atoms with van der Waals surface area (Å²) in [5.41, 5.74) is 0.682. The van der Waals surface area contributed by atoms with Crippen LogP contribution in [0.2, 0.25) is 8.93 Å². The van der Waals surface area contributed by atoms with Gasteiger partial charge in [0, 0.05) is 170 Å². The van der Waals surface area contributed by atoms with E-state index < -0.39 is 15.1 Å². The van der Waals surface area contributed by atoms with Gasteiger partial charge in [-0.1, -0.05) is 53.6 Å². The standard InChI is InChI=1S/C9H16N4O4.C9H13N3OS.C9H15N3O.C9H16N2O3.C8H7ClN4S2.C8H9ClN4S.C8H14N4O3/c1-11-6-17-7-12(9(11)10-13(14)15)4-8-2-3-16-5-8;10-7-11-9-12(2-4-14-9)5-8-1-3-13-6-8;1-8(11-7-10)12(2)5-9-3-4-13-6-9;1-2-9(10-11(12)13)4-3-8-5-6-14-7-8;9-7-11-3-6(15-7)4-13-1-2-14-8(13)12-5-10;1-6(12-5-10)13(2)4-7-3-11-8(9)14-7;13-12(14)10-8-9-2-3-11(8)5-7-1-4-15-6-7/h8H,2-7H2,1H3;8H,1-6H2;9H,3-6H2,1-2H3;8H,2-7H2,1H3;3H,1-2,4H2;3H,4H2,1-2H3;7H,1-6H2,(H,9,10). The highest BCUT2D eigenvalue weighted by molar-refractivity contribution is 8.14. The van der Waals surface area contributed by atoms with Gasteiger partial charge in [-0.15, -0.1) is 32.7 Å². The molecule has 36 nitrogen and oxygen atoms in total. The third-order valence-electron chi connectivity index (χ3n) is 16.4. The number of rotatable bonds is 19. The van der Waals surface area contributed by atoms with E-state index in [-0.39, 0.29) is 0 Å². The second kappa shape index (κ2) is 48.5. The number of ether oxygens (including phenoxy) is 6. The number of aromatic nitrogens is 2. The SMILES string of the molecule is CC(=NC#N)N(C)CC1CCOC1.CC(=NC#N)N(C)Cc1cnc(Cl)s1.CCC(CCC1CCOC1)=N[N+](=O)[O-].CN1COCN(CC2CCOC2)C1=N[N+](=O)[O-].N#CN=C1SCCN1CC1CCOC1.N#CN=C1SCCN1Cc1cnc(Cl)s1.O=[N+]([O-])N=C1NCCN1CC1CCOC1. The minimum atomic E-state index is -0.671. The van der Waals surface area contributed by atoms with E-state index in [0.717, 1.165) is 194 Å². The Kier molecular flexibility index (Phi) is 40.5. The summed E-state index contributed by atoms with van der Waals surface area (Å²) in [6.07, 6.45) is 18.4. The molecule has 2 aromatic heterocycles. The zero-order valence-electron chi connectivity index (χ0n) is 58.2. The van der Waals surface area contributed by atoms with Crippen LogP contribution in [0, 0.1) is 106 Å². The zero-order chi connectivity index (χ0) is 74.0.